The lowest BCUT2D eigenvalue weighted by molar-refractivity contribution is -0.300. The maximum absolute atomic E-state index is 12.8. The summed E-state index contributed by atoms with van der Waals surface area (Å²) in [5.74, 6) is 1.63. The number of allylic oxidation sites excluding steroid dienone is 3. The average Bonchev–Trinajstić information content (AvgIpc) is 3.62. The maximum Gasteiger partial charge on any atom is 0.336 e. The molecule has 6 nitrogen and oxygen atoms in total. The molecule has 39 heavy (non-hydrogen) atoms. The van der Waals surface area contributed by atoms with Crippen LogP contribution in [0.1, 0.15) is 77.3 Å². The van der Waals surface area contributed by atoms with E-state index in [2.05, 4.69) is 11.0 Å². The number of likely N-dealkylation sites (tertiary alicyclic amines) is 1. The first-order chi connectivity index (χ1) is 18.6. The van der Waals surface area contributed by atoms with E-state index in [1.165, 1.54) is 36.6 Å². The summed E-state index contributed by atoms with van der Waals surface area (Å²) in [5, 5.41) is 11.6. The van der Waals surface area contributed by atoms with Crippen LogP contribution in [0.4, 0.5) is 0 Å². The molecule has 1 aromatic carbocycles. The van der Waals surface area contributed by atoms with Gasteiger partial charge in [0.25, 0.3) is 0 Å². The van der Waals surface area contributed by atoms with Crippen LogP contribution < -0.4 is 9.47 Å². The van der Waals surface area contributed by atoms with Gasteiger partial charge in [0, 0.05) is 48.1 Å². The third kappa shape index (κ3) is 3.40. The first-order valence-electron chi connectivity index (χ1n) is 14.9. The molecule has 5 aliphatic carbocycles. The van der Waals surface area contributed by atoms with Gasteiger partial charge in [0.15, 0.2) is 11.5 Å². The second-order valence-corrected chi connectivity index (χ2v) is 14.1. The monoisotopic (exact) mass is 533 g/mol. The molecule has 4 saturated carbocycles. The minimum atomic E-state index is -0.899. The van der Waals surface area contributed by atoms with Gasteiger partial charge in [-0.1, -0.05) is 23.8 Å². The van der Waals surface area contributed by atoms with E-state index in [0.717, 1.165) is 55.9 Å². The van der Waals surface area contributed by atoms with Gasteiger partial charge in [-0.2, -0.15) is 0 Å². The number of methoxy groups -OCH3 is 1. The van der Waals surface area contributed by atoms with Crippen molar-refractivity contribution in [3.8, 4) is 11.5 Å². The molecule has 4 bridgehead atoms. The fourth-order valence-corrected chi connectivity index (χ4v) is 9.76. The first kappa shape index (κ1) is 25.8. The third-order valence-corrected chi connectivity index (χ3v) is 11.4. The number of ether oxygens (including phenoxy) is 3. The molecule has 1 aromatic rings. The van der Waals surface area contributed by atoms with Crippen molar-refractivity contribution in [2.75, 3.05) is 20.2 Å². The highest BCUT2D eigenvalue weighted by Gasteiger charge is 2.81. The van der Waals surface area contributed by atoms with Gasteiger partial charge in [-0.15, -0.1) is 0 Å². The number of carbonyl (C=O) groups excluding carboxylic acids is 1. The predicted octanol–water partition coefficient (Wildman–Crippen LogP) is 5.11. The summed E-state index contributed by atoms with van der Waals surface area (Å²) in [5.41, 5.74) is 2.03. The van der Waals surface area contributed by atoms with Gasteiger partial charge in [0.2, 0.25) is 0 Å². The van der Waals surface area contributed by atoms with Gasteiger partial charge in [0.1, 0.15) is 11.7 Å². The van der Waals surface area contributed by atoms with Crippen LogP contribution in [0.5, 0.6) is 11.5 Å². The topological polar surface area (TPSA) is 68.2 Å². The lowest BCUT2D eigenvalue weighted by Gasteiger charge is -2.75. The number of rotatable bonds is 7. The summed E-state index contributed by atoms with van der Waals surface area (Å²) in [6.45, 7) is 10.1. The van der Waals surface area contributed by atoms with Crippen molar-refractivity contribution in [2.24, 2.45) is 17.3 Å². The molecule has 1 unspecified atom stereocenters. The number of esters is 1. The molecule has 6 heteroatoms. The van der Waals surface area contributed by atoms with Crippen molar-refractivity contribution >= 4 is 5.97 Å². The van der Waals surface area contributed by atoms with E-state index < -0.39 is 17.2 Å². The van der Waals surface area contributed by atoms with Crippen molar-refractivity contribution < 1.29 is 24.1 Å². The standard InChI is InChI=1S/C33H43NO5/c1-20(2)7-6-8-26(35)38-23-12-11-22-17-25-31-13-14-33(37-5,24(18-31)30(3,4)36)29-32(31,27(22)28(23)39-29)15-16-34(25)19-21-9-10-21/h6-8,11-12,21,24-25,29,36H,9-10,13-19H2,1-5H3/b8-6+/t24-,25-,29-,31?,32+,33+/m1/s1. The SMILES string of the molecule is CO[C@@]12CCC3(C[C@@H]1C(C)(C)O)[C@H]1Cc4ccc(OC(=O)/C=C/C=C(C)C)c5c4[C@@]3(CCN1CC1CC1)[C@H]2O5. The minimum Gasteiger partial charge on any atom is -0.482 e. The van der Waals surface area contributed by atoms with E-state index in [0.29, 0.717) is 11.8 Å². The Kier molecular flexibility index (Phi) is 5.58. The Balaban J connectivity index is 1.37. The van der Waals surface area contributed by atoms with Crippen LogP contribution in [0, 0.1) is 17.3 Å². The van der Waals surface area contributed by atoms with Crippen molar-refractivity contribution in [2.45, 2.75) is 101 Å². The van der Waals surface area contributed by atoms with Crippen LogP contribution in [-0.4, -0.2) is 59.5 Å². The highest BCUT2D eigenvalue weighted by molar-refractivity contribution is 5.85. The molecule has 7 aliphatic rings. The van der Waals surface area contributed by atoms with Crippen molar-refractivity contribution in [1.82, 2.24) is 4.90 Å². The van der Waals surface area contributed by atoms with Crippen molar-refractivity contribution in [3.05, 3.63) is 47.1 Å². The van der Waals surface area contributed by atoms with Crippen molar-refractivity contribution in [1.29, 1.82) is 0 Å². The molecular formula is C33H43NO5. The summed E-state index contributed by atoms with van der Waals surface area (Å²) in [6, 6.07) is 4.55. The van der Waals surface area contributed by atoms with Crippen LogP contribution >= 0.6 is 0 Å². The Hall–Kier alpha value is -2.15. The molecule has 1 N–H and O–H groups in total. The molecule has 6 atom stereocenters. The quantitative estimate of drug-likeness (QED) is 0.227. The van der Waals surface area contributed by atoms with E-state index in [1.54, 1.807) is 13.2 Å². The zero-order valence-electron chi connectivity index (χ0n) is 24.1. The fourth-order valence-electron chi connectivity index (χ4n) is 9.76. The van der Waals surface area contributed by atoms with Gasteiger partial charge in [-0.05, 0) is 96.7 Å². The minimum absolute atomic E-state index is 0.0000141. The lowest BCUT2D eigenvalue weighted by Crippen LogP contribution is -2.82. The molecule has 5 fully saturated rings. The summed E-state index contributed by atoms with van der Waals surface area (Å²) >= 11 is 0. The molecule has 0 radical (unpaired) electrons. The van der Waals surface area contributed by atoms with Crippen molar-refractivity contribution in [3.63, 3.8) is 0 Å². The second kappa shape index (κ2) is 8.43. The zero-order chi connectivity index (χ0) is 27.4. The second-order valence-electron chi connectivity index (χ2n) is 14.1. The van der Waals surface area contributed by atoms with Crippen LogP contribution in [0.25, 0.3) is 0 Å². The van der Waals surface area contributed by atoms with E-state index in [1.807, 2.05) is 39.8 Å². The zero-order valence-corrected chi connectivity index (χ0v) is 24.1. The Morgan fingerprint density at radius 2 is 2.03 bits per heavy atom. The molecule has 0 aromatic heterocycles. The fraction of sp³-hybridized carbons (Fsp3) is 0.667. The van der Waals surface area contributed by atoms with E-state index in [9.17, 15) is 9.90 Å². The molecule has 0 amide bonds. The van der Waals surface area contributed by atoms with E-state index >= 15 is 0 Å². The third-order valence-electron chi connectivity index (χ3n) is 11.4. The highest BCUT2D eigenvalue weighted by Crippen LogP contribution is 2.77. The van der Waals surface area contributed by atoms with Crippen LogP contribution in [-0.2, 0) is 21.4 Å². The normalized spacial score (nSPS) is 37.9. The van der Waals surface area contributed by atoms with Gasteiger partial charge < -0.3 is 19.3 Å². The smallest absolute Gasteiger partial charge is 0.336 e. The number of nitrogens with zero attached hydrogens (tertiary/aromatic N) is 1. The number of fused-ring (bicyclic) bond motifs is 2. The van der Waals surface area contributed by atoms with E-state index in [-0.39, 0.29) is 22.9 Å². The Morgan fingerprint density at radius 3 is 2.72 bits per heavy atom. The molecule has 2 heterocycles. The van der Waals surface area contributed by atoms with Gasteiger partial charge >= 0.3 is 5.97 Å². The van der Waals surface area contributed by atoms with Crippen LogP contribution in [0.15, 0.2) is 35.9 Å². The summed E-state index contributed by atoms with van der Waals surface area (Å²) in [6.07, 6.45) is 12.5. The molecule has 2 aliphatic heterocycles. The largest absolute Gasteiger partial charge is 0.482 e. The van der Waals surface area contributed by atoms with Crippen LogP contribution in [0.2, 0.25) is 0 Å². The molecule has 1 saturated heterocycles. The predicted molar refractivity (Wildman–Crippen MR) is 149 cm³/mol. The summed E-state index contributed by atoms with van der Waals surface area (Å²) in [4.78, 5) is 15.6. The Bertz CT molecular complexity index is 1270. The van der Waals surface area contributed by atoms with E-state index in [4.69, 9.17) is 14.2 Å². The van der Waals surface area contributed by atoms with Crippen LogP contribution in [0.3, 0.4) is 0 Å². The number of hydrogen-bond donors (Lipinski definition) is 1. The summed E-state index contributed by atoms with van der Waals surface area (Å²) < 4.78 is 19.5. The Morgan fingerprint density at radius 1 is 1.23 bits per heavy atom. The number of carbonyl (C=O) groups is 1. The van der Waals surface area contributed by atoms with Gasteiger partial charge in [0.05, 0.1) is 5.60 Å². The number of aliphatic hydroxyl groups is 1. The number of hydrogen-bond acceptors (Lipinski definition) is 6. The maximum atomic E-state index is 12.8. The molecular weight excluding hydrogens is 490 g/mol. The highest BCUT2D eigenvalue weighted by atomic mass is 16.6. The average molecular weight is 534 g/mol. The first-order valence-corrected chi connectivity index (χ1v) is 14.9. The lowest BCUT2D eigenvalue weighted by atomic mass is 9.34. The van der Waals surface area contributed by atoms with Gasteiger partial charge in [-0.25, -0.2) is 4.79 Å². The summed E-state index contributed by atoms with van der Waals surface area (Å²) in [7, 11) is 1.80. The van der Waals surface area contributed by atoms with Gasteiger partial charge in [-0.3, -0.25) is 4.90 Å². The number of piperidine rings is 1. The molecule has 8 rings (SSSR count). The molecule has 210 valence electrons. The Labute approximate surface area is 232 Å². The number of benzene rings is 1. The molecule has 2 spiro atoms.